The molecule has 0 aliphatic rings. The molecular weight excluding hydrogens is 290 g/mol. The summed E-state index contributed by atoms with van der Waals surface area (Å²) < 4.78 is 7.20. The fraction of sp³-hybridized carbons (Fsp3) is 0.353. The molecule has 2 aromatic heterocycles. The number of hydrogen-bond acceptors (Lipinski definition) is 5. The molecule has 0 fully saturated rings. The van der Waals surface area contributed by atoms with E-state index in [1.165, 1.54) is 0 Å². The summed E-state index contributed by atoms with van der Waals surface area (Å²) in [6.45, 7) is 6.91. The third-order valence-corrected chi connectivity index (χ3v) is 3.65. The SMILES string of the molecule is COc1nccc2c(NCc3cn(C(C)(C)C)nn3)cccc12. The van der Waals surface area contributed by atoms with E-state index in [4.69, 9.17) is 4.74 Å². The van der Waals surface area contributed by atoms with E-state index < -0.39 is 0 Å². The predicted octanol–water partition coefficient (Wildman–Crippen LogP) is 3.20. The highest BCUT2D eigenvalue weighted by Gasteiger charge is 2.15. The summed E-state index contributed by atoms with van der Waals surface area (Å²) in [5, 5.41) is 13.9. The van der Waals surface area contributed by atoms with Crippen LogP contribution in [0.5, 0.6) is 5.88 Å². The molecule has 0 aliphatic heterocycles. The van der Waals surface area contributed by atoms with E-state index in [1.807, 2.05) is 35.1 Å². The number of hydrogen-bond donors (Lipinski definition) is 1. The van der Waals surface area contributed by atoms with Gasteiger partial charge in [-0.3, -0.25) is 0 Å². The molecule has 0 aliphatic carbocycles. The summed E-state index contributed by atoms with van der Waals surface area (Å²) in [4.78, 5) is 4.24. The minimum Gasteiger partial charge on any atom is -0.481 e. The molecule has 0 radical (unpaired) electrons. The van der Waals surface area contributed by atoms with Gasteiger partial charge in [0.1, 0.15) is 5.69 Å². The van der Waals surface area contributed by atoms with Crippen molar-refractivity contribution in [3.05, 3.63) is 42.4 Å². The Morgan fingerprint density at radius 1 is 1.17 bits per heavy atom. The number of fused-ring (bicyclic) bond motifs is 1. The number of ether oxygens (including phenoxy) is 1. The smallest absolute Gasteiger partial charge is 0.221 e. The summed E-state index contributed by atoms with van der Waals surface area (Å²) in [7, 11) is 1.63. The first-order valence-corrected chi connectivity index (χ1v) is 7.56. The van der Waals surface area contributed by atoms with Crippen LogP contribution in [-0.4, -0.2) is 27.1 Å². The van der Waals surface area contributed by atoms with E-state index in [0.29, 0.717) is 12.4 Å². The van der Waals surface area contributed by atoms with Crippen LogP contribution in [0.2, 0.25) is 0 Å². The molecule has 6 heteroatoms. The molecule has 0 unspecified atom stereocenters. The minimum absolute atomic E-state index is 0.0657. The molecule has 0 amide bonds. The average Bonchev–Trinajstić information content (AvgIpc) is 3.01. The van der Waals surface area contributed by atoms with E-state index in [-0.39, 0.29) is 5.54 Å². The van der Waals surface area contributed by atoms with Crippen molar-refractivity contribution < 1.29 is 4.74 Å². The number of aromatic nitrogens is 4. The first kappa shape index (κ1) is 15.3. The molecule has 3 rings (SSSR count). The second-order valence-corrected chi connectivity index (χ2v) is 6.40. The number of anilines is 1. The van der Waals surface area contributed by atoms with Gasteiger partial charge in [0, 0.05) is 22.7 Å². The molecule has 120 valence electrons. The van der Waals surface area contributed by atoms with Gasteiger partial charge in [0.05, 0.1) is 25.4 Å². The third kappa shape index (κ3) is 3.11. The van der Waals surface area contributed by atoms with Gasteiger partial charge in [0.2, 0.25) is 5.88 Å². The van der Waals surface area contributed by atoms with Gasteiger partial charge >= 0.3 is 0 Å². The Hall–Kier alpha value is -2.63. The van der Waals surface area contributed by atoms with E-state index in [0.717, 1.165) is 22.2 Å². The highest BCUT2D eigenvalue weighted by Crippen LogP contribution is 2.28. The molecule has 0 atom stereocenters. The van der Waals surface area contributed by atoms with Gasteiger partial charge in [-0.2, -0.15) is 0 Å². The second-order valence-electron chi connectivity index (χ2n) is 6.40. The van der Waals surface area contributed by atoms with Gasteiger partial charge in [0.25, 0.3) is 0 Å². The van der Waals surface area contributed by atoms with E-state index in [2.05, 4.69) is 41.4 Å². The maximum Gasteiger partial charge on any atom is 0.221 e. The van der Waals surface area contributed by atoms with Crippen molar-refractivity contribution in [2.24, 2.45) is 0 Å². The Kier molecular flexibility index (Phi) is 3.90. The van der Waals surface area contributed by atoms with Crippen LogP contribution in [0.4, 0.5) is 5.69 Å². The van der Waals surface area contributed by atoms with Gasteiger partial charge < -0.3 is 10.1 Å². The van der Waals surface area contributed by atoms with Crippen LogP contribution >= 0.6 is 0 Å². The molecule has 1 aromatic carbocycles. The topological polar surface area (TPSA) is 64.9 Å². The van der Waals surface area contributed by atoms with Crippen LogP contribution in [0.15, 0.2) is 36.7 Å². The van der Waals surface area contributed by atoms with Crippen LogP contribution < -0.4 is 10.1 Å². The molecule has 0 saturated heterocycles. The summed E-state index contributed by atoms with van der Waals surface area (Å²) in [6.07, 6.45) is 3.72. The molecule has 23 heavy (non-hydrogen) atoms. The van der Waals surface area contributed by atoms with E-state index in [9.17, 15) is 0 Å². The standard InChI is InChI=1S/C17H21N5O/c1-17(2,3)22-11-12(20-21-22)10-19-15-7-5-6-14-13(15)8-9-18-16(14)23-4/h5-9,11,19H,10H2,1-4H3. The van der Waals surface area contributed by atoms with Crippen molar-refractivity contribution in [2.45, 2.75) is 32.9 Å². The van der Waals surface area contributed by atoms with Crippen molar-refractivity contribution >= 4 is 16.5 Å². The van der Waals surface area contributed by atoms with Crippen molar-refractivity contribution in [1.82, 2.24) is 20.0 Å². The minimum atomic E-state index is -0.0657. The molecule has 0 saturated carbocycles. The lowest BCUT2D eigenvalue weighted by Gasteiger charge is -2.17. The van der Waals surface area contributed by atoms with Crippen molar-refractivity contribution in [1.29, 1.82) is 0 Å². The van der Waals surface area contributed by atoms with Crippen molar-refractivity contribution in [3.63, 3.8) is 0 Å². The monoisotopic (exact) mass is 311 g/mol. The first-order valence-electron chi connectivity index (χ1n) is 7.56. The van der Waals surface area contributed by atoms with Crippen LogP contribution in [0.3, 0.4) is 0 Å². The number of methoxy groups -OCH3 is 1. The zero-order valence-electron chi connectivity index (χ0n) is 13.9. The largest absolute Gasteiger partial charge is 0.481 e. The molecule has 3 aromatic rings. The quantitative estimate of drug-likeness (QED) is 0.801. The number of nitrogens with zero attached hydrogens (tertiary/aromatic N) is 4. The summed E-state index contributed by atoms with van der Waals surface area (Å²) >= 11 is 0. The Labute approximate surface area is 135 Å². The number of nitrogens with one attached hydrogen (secondary N) is 1. The number of rotatable bonds is 4. The Bertz CT molecular complexity index is 819. The molecular formula is C17H21N5O. The normalized spacial score (nSPS) is 11.7. The second kappa shape index (κ2) is 5.87. The number of benzene rings is 1. The maximum atomic E-state index is 5.32. The Morgan fingerprint density at radius 3 is 2.70 bits per heavy atom. The van der Waals surface area contributed by atoms with Gasteiger partial charge in [0.15, 0.2) is 0 Å². The van der Waals surface area contributed by atoms with Gasteiger partial charge in [-0.1, -0.05) is 11.3 Å². The zero-order valence-corrected chi connectivity index (χ0v) is 13.9. The Balaban J connectivity index is 1.84. The van der Waals surface area contributed by atoms with Crippen molar-refractivity contribution in [2.75, 3.05) is 12.4 Å². The highest BCUT2D eigenvalue weighted by molar-refractivity contribution is 5.96. The fourth-order valence-corrected chi connectivity index (χ4v) is 2.39. The van der Waals surface area contributed by atoms with Crippen LogP contribution in [0.1, 0.15) is 26.5 Å². The molecule has 0 bridgehead atoms. The number of pyridine rings is 1. The van der Waals surface area contributed by atoms with Crippen LogP contribution in [0, 0.1) is 0 Å². The Morgan fingerprint density at radius 2 is 2.00 bits per heavy atom. The maximum absolute atomic E-state index is 5.32. The van der Waals surface area contributed by atoms with Crippen molar-refractivity contribution in [3.8, 4) is 5.88 Å². The fourth-order valence-electron chi connectivity index (χ4n) is 2.39. The lowest BCUT2D eigenvalue weighted by Crippen LogP contribution is -2.22. The highest BCUT2D eigenvalue weighted by atomic mass is 16.5. The summed E-state index contributed by atoms with van der Waals surface area (Å²) in [5.41, 5.74) is 1.86. The molecule has 0 spiro atoms. The predicted molar refractivity (Wildman–Crippen MR) is 90.6 cm³/mol. The average molecular weight is 311 g/mol. The zero-order chi connectivity index (χ0) is 16.4. The lowest BCUT2D eigenvalue weighted by molar-refractivity contribution is 0.347. The summed E-state index contributed by atoms with van der Waals surface area (Å²) in [6, 6.07) is 8.01. The first-order chi connectivity index (χ1) is 11.0. The van der Waals surface area contributed by atoms with Gasteiger partial charge in [-0.05, 0) is 39.0 Å². The summed E-state index contributed by atoms with van der Waals surface area (Å²) in [5.74, 6) is 0.629. The molecule has 1 N–H and O–H groups in total. The van der Waals surface area contributed by atoms with Crippen LogP contribution in [-0.2, 0) is 12.1 Å². The third-order valence-electron chi connectivity index (χ3n) is 3.65. The van der Waals surface area contributed by atoms with Gasteiger partial charge in [-0.15, -0.1) is 5.10 Å². The molecule has 6 nitrogen and oxygen atoms in total. The molecule has 2 heterocycles. The van der Waals surface area contributed by atoms with Gasteiger partial charge in [-0.25, -0.2) is 9.67 Å². The van der Waals surface area contributed by atoms with E-state index in [1.54, 1.807) is 13.3 Å². The van der Waals surface area contributed by atoms with Crippen LogP contribution in [0.25, 0.3) is 10.8 Å². The van der Waals surface area contributed by atoms with E-state index >= 15 is 0 Å². The lowest BCUT2D eigenvalue weighted by atomic mass is 10.1.